The van der Waals surface area contributed by atoms with Gasteiger partial charge in [0.1, 0.15) is 18.1 Å². The Balaban J connectivity index is 1.81. The molecule has 15 nitrogen and oxygen atoms in total. The third-order valence-electron chi connectivity index (χ3n) is 6.12. The Bertz CT molecular complexity index is 1350. The number of para-hydroxylation sites is 1. The summed E-state index contributed by atoms with van der Waals surface area (Å²) in [5.41, 5.74) is 7.85. The van der Waals surface area contributed by atoms with Crippen LogP contribution in [0.25, 0.3) is 10.9 Å². The van der Waals surface area contributed by atoms with Gasteiger partial charge in [-0.3, -0.25) is 19.2 Å². The zero-order valence-corrected chi connectivity index (χ0v) is 21.5. The van der Waals surface area contributed by atoms with Gasteiger partial charge in [0.15, 0.2) is 0 Å². The SMILES string of the molecule is CC(O)C(NC(=O)C(N)Cc1cnc[nH]1)C(=O)NC(Cc1c[nH]c2ccccc12)C(=O)NC(CC(=O)O)C(=O)O. The van der Waals surface area contributed by atoms with E-state index in [-0.39, 0.29) is 12.8 Å². The number of carbonyl (C=O) groups is 5. The van der Waals surface area contributed by atoms with E-state index in [0.717, 1.165) is 10.9 Å². The van der Waals surface area contributed by atoms with Crippen molar-refractivity contribution in [3.8, 4) is 0 Å². The number of nitrogens with zero attached hydrogens (tertiary/aromatic N) is 1. The maximum Gasteiger partial charge on any atom is 0.326 e. The number of carbonyl (C=O) groups excluding carboxylic acids is 3. The van der Waals surface area contributed by atoms with Crippen LogP contribution >= 0.6 is 0 Å². The maximum absolute atomic E-state index is 13.2. The first-order chi connectivity index (χ1) is 19.0. The molecule has 0 aliphatic rings. The first kappa shape index (κ1) is 29.8. The number of H-pyrrole nitrogens is 2. The number of aromatic nitrogens is 3. The second-order valence-corrected chi connectivity index (χ2v) is 9.24. The molecule has 5 atom stereocenters. The van der Waals surface area contributed by atoms with Crippen molar-refractivity contribution < 1.29 is 39.3 Å². The smallest absolute Gasteiger partial charge is 0.326 e. The van der Waals surface area contributed by atoms with E-state index < -0.39 is 66.4 Å². The van der Waals surface area contributed by atoms with E-state index in [4.69, 9.17) is 10.8 Å². The zero-order valence-electron chi connectivity index (χ0n) is 21.5. The van der Waals surface area contributed by atoms with E-state index in [9.17, 15) is 34.2 Å². The second-order valence-electron chi connectivity index (χ2n) is 9.24. The third kappa shape index (κ3) is 7.87. The third-order valence-corrected chi connectivity index (χ3v) is 6.12. The van der Waals surface area contributed by atoms with Gasteiger partial charge in [-0.25, -0.2) is 9.78 Å². The van der Waals surface area contributed by atoms with E-state index in [1.165, 1.54) is 19.4 Å². The number of aromatic amines is 2. The Labute approximate surface area is 227 Å². The first-order valence-electron chi connectivity index (χ1n) is 12.3. The molecule has 0 bridgehead atoms. The number of carboxylic acids is 2. The van der Waals surface area contributed by atoms with Gasteiger partial charge in [-0.1, -0.05) is 18.2 Å². The van der Waals surface area contributed by atoms with Crippen molar-refractivity contribution >= 4 is 40.6 Å². The summed E-state index contributed by atoms with van der Waals surface area (Å²) in [7, 11) is 0. The number of hydrogen-bond acceptors (Lipinski definition) is 8. The van der Waals surface area contributed by atoms with Crippen LogP contribution in [0.1, 0.15) is 24.6 Å². The average molecular weight is 558 g/mol. The lowest BCUT2D eigenvalue weighted by Crippen LogP contribution is -2.60. The Morgan fingerprint density at radius 3 is 2.27 bits per heavy atom. The van der Waals surface area contributed by atoms with Crippen molar-refractivity contribution in [2.75, 3.05) is 0 Å². The molecule has 0 saturated heterocycles. The van der Waals surface area contributed by atoms with Crippen LogP contribution in [0.2, 0.25) is 0 Å². The lowest BCUT2D eigenvalue weighted by atomic mass is 10.0. The van der Waals surface area contributed by atoms with Crippen molar-refractivity contribution in [1.82, 2.24) is 30.9 Å². The molecule has 0 aliphatic heterocycles. The van der Waals surface area contributed by atoms with Gasteiger partial charge >= 0.3 is 11.9 Å². The van der Waals surface area contributed by atoms with E-state index in [2.05, 4.69) is 30.9 Å². The fourth-order valence-electron chi connectivity index (χ4n) is 4.03. The van der Waals surface area contributed by atoms with Gasteiger partial charge in [-0.15, -0.1) is 0 Å². The number of fused-ring (bicyclic) bond motifs is 1. The number of imidazole rings is 1. The lowest BCUT2D eigenvalue weighted by molar-refractivity contribution is -0.147. The summed E-state index contributed by atoms with van der Waals surface area (Å²) < 4.78 is 0. The van der Waals surface area contributed by atoms with Gasteiger partial charge < -0.3 is 47.0 Å². The number of aliphatic carboxylic acids is 2. The Morgan fingerprint density at radius 1 is 0.950 bits per heavy atom. The first-order valence-corrected chi connectivity index (χ1v) is 12.3. The molecule has 5 unspecified atom stereocenters. The summed E-state index contributed by atoms with van der Waals surface area (Å²) in [5, 5.41) is 36.4. The topological polar surface area (TPSA) is 253 Å². The van der Waals surface area contributed by atoms with Gasteiger partial charge in [0.2, 0.25) is 17.7 Å². The Hall–Kier alpha value is -4.76. The molecule has 3 aromatic rings. The molecule has 2 heterocycles. The molecule has 1 aromatic carbocycles. The quantitative estimate of drug-likeness (QED) is 0.110. The maximum atomic E-state index is 13.2. The number of hydrogen-bond donors (Lipinski definition) is 9. The Kier molecular flexibility index (Phi) is 9.94. The fraction of sp³-hybridized carbons (Fsp3) is 0.360. The monoisotopic (exact) mass is 557 g/mol. The minimum Gasteiger partial charge on any atom is -0.481 e. The average Bonchev–Trinajstić information content (AvgIpc) is 3.55. The lowest BCUT2D eigenvalue weighted by Gasteiger charge is -2.26. The van der Waals surface area contributed by atoms with E-state index in [1.54, 1.807) is 30.5 Å². The van der Waals surface area contributed by atoms with E-state index >= 15 is 0 Å². The second kappa shape index (κ2) is 13.3. The summed E-state index contributed by atoms with van der Waals surface area (Å²) in [6, 6.07) is 1.37. The molecule has 3 amide bonds. The van der Waals surface area contributed by atoms with Crippen LogP contribution in [-0.2, 0) is 36.8 Å². The van der Waals surface area contributed by atoms with Gasteiger partial charge in [0.05, 0.1) is 24.9 Å². The number of carboxylic acid groups (broad SMARTS) is 2. The number of nitrogens with one attached hydrogen (secondary N) is 5. The highest BCUT2D eigenvalue weighted by Gasteiger charge is 2.33. The van der Waals surface area contributed by atoms with Gasteiger partial charge in [0, 0.05) is 41.8 Å². The van der Waals surface area contributed by atoms with Crippen molar-refractivity contribution in [3.63, 3.8) is 0 Å². The molecular weight excluding hydrogens is 526 g/mol. The number of rotatable bonds is 14. The molecule has 0 spiro atoms. The highest BCUT2D eigenvalue weighted by molar-refractivity contribution is 5.95. The van der Waals surface area contributed by atoms with E-state index in [1.807, 2.05) is 0 Å². The molecule has 15 heteroatoms. The van der Waals surface area contributed by atoms with Crippen LogP contribution in [0, 0.1) is 0 Å². The molecule has 3 rings (SSSR count). The summed E-state index contributed by atoms with van der Waals surface area (Å²) in [4.78, 5) is 71.4. The van der Waals surface area contributed by atoms with Crippen LogP contribution in [0.15, 0.2) is 43.0 Å². The molecule has 0 radical (unpaired) electrons. The minimum absolute atomic E-state index is 0.0751. The molecule has 2 aromatic heterocycles. The number of aliphatic hydroxyl groups excluding tert-OH is 1. The predicted octanol–water partition coefficient (Wildman–Crippen LogP) is -1.60. The van der Waals surface area contributed by atoms with Crippen LogP contribution < -0.4 is 21.7 Å². The highest BCUT2D eigenvalue weighted by Crippen LogP contribution is 2.19. The molecule has 0 aliphatic carbocycles. The number of aliphatic hydroxyl groups is 1. The van der Waals surface area contributed by atoms with Gasteiger partial charge in [0.25, 0.3) is 0 Å². The minimum atomic E-state index is -1.76. The summed E-state index contributed by atoms with van der Waals surface area (Å²) >= 11 is 0. The largest absolute Gasteiger partial charge is 0.481 e. The predicted molar refractivity (Wildman–Crippen MR) is 140 cm³/mol. The number of nitrogens with two attached hydrogens (primary N) is 1. The molecule has 40 heavy (non-hydrogen) atoms. The number of amides is 3. The van der Waals surface area contributed by atoms with E-state index in [0.29, 0.717) is 11.3 Å². The molecular formula is C25H31N7O8. The fourth-order valence-corrected chi connectivity index (χ4v) is 4.03. The highest BCUT2D eigenvalue weighted by atomic mass is 16.4. The van der Waals surface area contributed by atoms with Gasteiger partial charge in [-0.05, 0) is 18.6 Å². The van der Waals surface area contributed by atoms with Crippen molar-refractivity contribution in [2.24, 2.45) is 5.73 Å². The van der Waals surface area contributed by atoms with Crippen molar-refractivity contribution in [2.45, 2.75) is 56.5 Å². The van der Waals surface area contributed by atoms with Crippen LogP contribution in [0.4, 0.5) is 0 Å². The van der Waals surface area contributed by atoms with Crippen LogP contribution in [-0.4, -0.2) is 90.2 Å². The Morgan fingerprint density at radius 2 is 1.65 bits per heavy atom. The number of benzene rings is 1. The summed E-state index contributed by atoms with van der Waals surface area (Å²) in [5.74, 6) is -5.69. The van der Waals surface area contributed by atoms with Crippen molar-refractivity contribution in [1.29, 1.82) is 0 Å². The zero-order chi connectivity index (χ0) is 29.4. The normalized spacial score (nSPS) is 14.9. The van der Waals surface area contributed by atoms with Crippen LogP contribution in [0.3, 0.4) is 0 Å². The van der Waals surface area contributed by atoms with Crippen LogP contribution in [0.5, 0.6) is 0 Å². The van der Waals surface area contributed by atoms with Crippen molar-refractivity contribution in [3.05, 3.63) is 54.2 Å². The summed E-state index contributed by atoms with van der Waals surface area (Å²) in [6.45, 7) is 1.26. The molecule has 10 N–H and O–H groups in total. The molecule has 0 saturated carbocycles. The van der Waals surface area contributed by atoms with Gasteiger partial charge in [-0.2, -0.15) is 0 Å². The standard InChI is InChI=1S/C25H31N7O8/c1-12(33)21(32-22(36)16(26)7-14-10-27-11-29-14)24(38)30-18(23(37)31-19(25(39)40)8-20(34)35)6-13-9-28-17-5-3-2-4-15(13)17/h2-5,9-12,16,18-19,21,28,33H,6-8,26H2,1H3,(H,27,29)(H,30,38)(H,31,37)(H,32,36)(H,34,35)(H,39,40). The molecule has 214 valence electrons. The molecule has 0 fully saturated rings. The summed E-state index contributed by atoms with van der Waals surface area (Å²) in [6.07, 6.45) is 2.16.